The van der Waals surface area contributed by atoms with Crippen LogP contribution in [0.15, 0.2) is 48.5 Å². The smallest absolute Gasteiger partial charge is 0.318 e. The zero-order valence-electron chi connectivity index (χ0n) is 13.3. The number of H-pyrrole nitrogens is 1. The Hall–Kier alpha value is -2.54. The molecule has 4 rings (SSSR count). The van der Waals surface area contributed by atoms with Crippen molar-refractivity contribution >= 4 is 35.5 Å². The van der Waals surface area contributed by atoms with Crippen LogP contribution < -0.4 is 31.2 Å². The van der Waals surface area contributed by atoms with Crippen LogP contribution in [0.3, 0.4) is 0 Å². The molecule has 1 unspecified atom stereocenters. The second kappa shape index (κ2) is 7.78. The molecule has 7 nitrogen and oxygen atoms in total. The van der Waals surface area contributed by atoms with Gasteiger partial charge in [-0.05, 0) is 11.6 Å². The minimum atomic E-state index is -3.13. The number of nitrogens with two attached hydrogens (primary N) is 2. The Morgan fingerprint density at radius 3 is 2.15 bits per heavy atom. The van der Waals surface area contributed by atoms with E-state index in [0.29, 0.717) is 28.8 Å². The monoisotopic (exact) mass is 389 g/mol. The van der Waals surface area contributed by atoms with Gasteiger partial charge in [-0.3, -0.25) is 0 Å². The molecule has 3 aromatic rings. The molecule has 0 amide bonds. The highest BCUT2D eigenvalue weighted by molar-refractivity contribution is 8.12. The number of rotatable bonds is 0. The van der Waals surface area contributed by atoms with E-state index in [9.17, 15) is 4.89 Å². The number of nitrogen functional groups attached to an aromatic ring is 2. The molecule has 1 aromatic heterocycles. The Morgan fingerprint density at radius 2 is 1.54 bits per heavy atom. The van der Waals surface area contributed by atoms with Crippen LogP contribution in [0.1, 0.15) is 13.3 Å². The summed E-state index contributed by atoms with van der Waals surface area (Å²) < 4.78 is 5.42. The number of para-hydroxylation sites is 1. The molecule has 0 saturated heterocycles. The van der Waals surface area contributed by atoms with E-state index in [1.807, 2.05) is 36.4 Å². The summed E-state index contributed by atoms with van der Waals surface area (Å²) in [4.78, 5) is 22.3. The van der Waals surface area contributed by atoms with Crippen LogP contribution in [-0.2, 0) is 11.8 Å². The van der Waals surface area contributed by atoms with Crippen molar-refractivity contribution in [3.05, 3.63) is 54.4 Å². The molecule has 0 spiro atoms. The molecule has 0 radical (unpaired) electrons. The van der Waals surface area contributed by atoms with Crippen LogP contribution >= 0.6 is 6.49 Å². The molecular weight excluding hydrogens is 369 g/mol. The first kappa shape index (κ1) is 19.8. The van der Waals surface area contributed by atoms with Gasteiger partial charge in [0.1, 0.15) is 5.75 Å². The molecule has 2 aromatic carbocycles. The number of anilines is 2. The lowest BCUT2D eigenvalue weighted by Gasteiger charge is -2.35. The molecule has 1 aliphatic heterocycles. The first-order chi connectivity index (χ1) is 11.9. The van der Waals surface area contributed by atoms with E-state index in [2.05, 4.69) is 15.0 Å². The zero-order chi connectivity index (χ0) is 18.0. The van der Waals surface area contributed by atoms with E-state index in [0.717, 1.165) is 11.1 Å². The fourth-order valence-corrected chi connectivity index (χ4v) is 4.44. The van der Waals surface area contributed by atoms with Crippen molar-refractivity contribution in [2.24, 2.45) is 0 Å². The number of nitrogens with zero attached hydrogens (tertiary/aromatic N) is 2. The molecule has 1 aliphatic rings. The van der Waals surface area contributed by atoms with Gasteiger partial charge in [-0.25, -0.2) is 4.98 Å². The third kappa shape index (κ3) is 4.16. The van der Waals surface area contributed by atoms with E-state index < -0.39 is 6.49 Å². The van der Waals surface area contributed by atoms with Gasteiger partial charge in [0.05, 0.1) is 6.49 Å². The van der Waals surface area contributed by atoms with Gasteiger partial charge in [-0.15, -0.1) is 9.97 Å². The number of aryl methyl sites for hydroxylation is 1. The number of aromatic amines is 1. The lowest BCUT2D eigenvalue weighted by atomic mass is 10.0. The third-order valence-corrected chi connectivity index (χ3v) is 5.65. The number of nitrogens with one attached hydrogen (secondary N) is 1. The van der Waals surface area contributed by atoms with Gasteiger partial charge in [0.15, 0.2) is 0 Å². The quantitative estimate of drug-likeness (QED) is 0.558. The molecule has 5 N–H and O–H groups in total. The summed E-state index contributed by atoms with van der Waals surface area (Å²) in [7, 11) is 0. The molecule has 2 heterocycles. The highest BCUT2D eigenvalue weighted by Crippen LogP contribution is 2.48. The zero-order valence-corrected chi connectivity index (χ0v) is 15.1. The summed E-state index contributed by atoms with van der Waals surface area (Å²) >= 11 is 5.06. The van der Waals surface area contributed by atoms with Gasteiger partial charge in [0.2, 0.25) is 5.82 Å². The predicted octanol–water partition coefficient (Wildman–Crippen LogP) is 1.44. The third-order valence-electron chi connectivity index (χ3n) is 3.42. The second-order valence-electron chi connectivity index (χ2n) is 5.27. The summed E-state index contributed by atoms with van der Waals surface area (Å²) in [5.41, 5.74) is 12.4. The van der Waals surface area contributed by atoms with Gasteiger partial charge in [-0.2, -0.15) is 0 Å². The van der Waals surface area contributed by atoms with Crippen LogP contribution in [0.25, 0.3) is 11.1 Å². The number of aromatic nitrogens is 3. The minimum Gasteiger partial charge on any atom is -0.788 e. The van der Waals surface area contributed by atoms with E-state index in [1.165, 1.54) is 0 Å². The molecule has 0 aliphatic carbocycles. The van der Waals surface area contributed by atoms with Crippen molar-refractivity contribution < 1.29 is 14.4 Å². The van der Waals surface area contributed by atoms with Crippen LogP contribution in [0.2, 0.25) is 0 Å². The van der Waals surface area contributed by atoms with Gasteiger partial charge < -0.3 is 20.9 Å². The average molecular weight is 389 g/mol. The van der Waals surface area contributed by atoms with Crippen LogP contribution in [0.4, 0.5) is 11.9 Å². The Morgan fingerprint density at radius 1 is 1.00 bits per heavy atom. The molecule has 9 heteroatoms. The number of hydrogen-bond donors (Lipinski definition) is 2. The van der Waals surface area contributed by atoms with E-state index >= 15 is 0 Å². The molecule has 0 bridgehead atoms. The summed E-state index contributed by atoms with van der Waals surface area (Å²) in [5, 5.41) is 0.628. The van der Waals surface area contributed by atoms with Crippen LogP contribution in [0, 0.1) is 6.92 Å². The summed E-state index contributed by atoms with van der Waals surface area (Å²) in [6.45, 7) is -1.40. The van der Waals surface area contributed by atoms with Crippen LogP contribution in [-0.4, -0.2) is 9.97 Å². The Bertz CT molecular complexity index is 932. The number of hydrogen-bond acceptors (Lipinski definition) is 7. The van der Waals surface area contributed by atoms with Gasteiger partial charge in [-0.1, -0.05) is 61.7 Å². The van der Waals surface area contributed by atoms with Crippen LogP contribution in [0.5, 0.6) is 5.75 Å². The fourth-order valence-electron chi connectivity index (χ4n) is 2.45. The Balaban J connectivity index is 0.000000210. The van der Waals surface area contributed by atoms with Gasteiger partial charge in [0.25, 0.3) is 0 Å². The maximum absolute atomic E-state index is 12.2. The molecular formula is C17H20N5O2PS. The van der Waals surface area contributed by atoms with E-state index in [-0.39, 0.29) is 7.43 Å². The number of benzene rings is 2. The Kier molecular flexibility index (Phi) is 5.92. The van der Waals surface area contributed by atoms with Crippen molar-refractivity contribution in [2.75, 3.05) is 11.5 Å². The molecule has 0 fully saturated rings. The predicted molar refractivity (Wildman–Crippen MR) is 105 cm³/mol. The SMILES string of the molecule is C.Cc1nc(N)[nH+]c(N)n1.[O-]P1(=S)Oc2ccccc2-c2ccccc21. The molecule has 26 heavy (non-hydrogen) atoms. The van der Waals surface area contributed by atoms with Crippen molar-refractivity contribution in [1.29, 1.82) is 0 Å². The second-order valence-corrected chi connectivity index (χ2v) is 8.37. The standard InChI is InChI=1S/C12H9O2PS.C4H7N5.CH4/c13-15(16)12-8-4-2-6-10(12)9-5-1-3-7-11(9)14-15;1-2-7-3(5)9-4(6)8-2;/h1-8H,(H,13,16);1H3,(H4,5,6,7,8,9);1H4. The summed E-state index contributed by atoms with van der Waals surface area (Å²) in [6, 6.07) is 15.0. The average Bonchev–Trinajstić information content (AvgIpc) is 2.54. The highest BCUT2D eigenvalue weighted by atomic mass is 32.5. The lowest BCUT2D eigenvalue weighted by Crippen LogP contribution is -2.24. The fraction of sp³-hybridized carbons (Fsp3) is 0.118. The summed E-state index contributed by atoms with van der Waals surface area (Å²) in [5.74, 6) is 1.77. The van der Waals surface area contributed by atoms with E-state index in [4.69, 9.17) is 27.8 Å². The topological polar surface area (TPSA) is 124 Å². The molecule has 136 valence electrons. The molecule has 1 atom stereocenters. The van der Waals surface area contributed by atoms with Gasteiger partial charge >= 0.3 is 11.9 Å². The first-order valence-electron chi connectivity index (χ1n) is 7.35. The van der Waals surface area contributed by atoms with Crippen molar-refractivity contribution in [1.82, 2.24) is 9.97 Å². The largest absolute Gasteiger partial charge is 0.788 e. The lowest BCUT2D eigenvalue weighted by molar-refractivity contribution is -0.351. The van der Waals surface area contributed by atoms with Crippen molar-refractivity contribution in [2.45, 2.75) is 14.4 Å². The maximum atomic E-state index is 12.2. The Labute approximate surface area is 157 Å². The van der Waals surface area contributed by atoms with Crippen molar-refractivity contribution in [3.8, 4) is 16.9 Å². The number of fused-ring (bicyclic) bond motifs is 3. The summed E-state index contributed by atoms with van der Waals surface area (Å²) in [6.07, 6.45) is 0. The highest BCUT2D eigenvalue weighted by Gasteiger charge is 2.22. The van der Waals surface area contributed by atoms with Crippen molar-refractivity contribution in [3.63, 3.8) is 0 Å². The minimum absolute atomic E-state index is 0. The van der Waals surface area contributed by atoms with Gasteiger partial charge in [0, 0.05) is 17.8 Å². The van der Waals surface area contributed by atoms with E-state index in [1.54, 1.807) is 19.1 Å². The molecule has 0 saturated carbocycles. The maximum Gasteiger partial charge on any atom is 0.318 e. The normalized spacial score (nSPS) is 16.7. The first-order valence-corrected chi connectivity index (χ1v) is 9.99.